The average molecular weight is 565 g/mol. The van der Waals surface area contributed by atoms with Gasteiger partial charge in [0.2, 0.25) is 5.91 Å². The Hall–Kier alpha value is -5.49. The zero-order valence-corrected chi connectivity index (χ0v) is 24.1. The molecule has 0 fully saturated rings. The Morgan fingerprint density at radius 2 is 1.30 bits per heavy atom. The van der Waals surface area contributed by atoms with Crippen LogP contribution in [0, 0.1) is 5.92 Å². The minimum Gasteiger partial charge on any atom is -0.340 e. The van der Waals surface area contributed by atoms with Gasteiger partial charge < -0.3 is 10.6 Å². The number of amides is 2. The molecule has 0 aliphatic rings. The van der Waals surface area contributed by atoms with Crippen LogP contribution in [0.15, 0.2) is 133 Å². The van der Waals surface area contributed by atoms with Gasteiger partial charge in [0.15, 0.2) is 0 Å². The van der Waals surface area contributed by atoms with Crippen molar-refractivity contribution in [3.05, 3.63) is 139 Å². The number of fused-ring (bicyclic) bond motifs is 1. The molecule has 0 aliphatic heterocycles. The van der Waals surface area contributed by atoms with Gasteiger partial charge in [-0.05, 0) is 59.2 Å². The lowest BCUT2D eigenvalue weighted by molar-refractivity contribution is -0.118. The smallest absolute Gasteiger partial charge is 0.251 e. The number of hydrogen-bond acceptors (Lipinski definition) is 3. The molecule has 0 aliphatic carbocycles. The Bertz CT molecular complexity index is 1880. The van der Waals surface area contributed by atoms with Crippen molar-refractivity contribution in [1.29, 1.82) is 0 Å². The summed E-state index contributed by atoms with van der Waals surface area (Å²) in [4.78, 5) is 26.6. The summed E-state index contributed by atoms with van der Waals surface area (Å²) in [6, 6.07) is 42.6. The number of carbonyl (C=O) groups excluding carboxylic acids is 2. The quantitative estimate of drug-likeness (QED) is 0.198. The summed E-state index contributed by atoms with van der Waals surface area (Å²) in [5, 5.41) is 13.0. The summed E-state index contributed by atoms with van der Waals surface area (Å²) in [6.45, 7) is 3.84. The molecule has 1 atom stereocenters. The number of hydrogen-bond donors (Lipinski definition) is 2. The molecule has 1 aromatic heterocycles. The predicted octanol–water partition coefficient (Wildman–Crippen LogP) is 7.75. The highest BCUT2D eigenvalue weighted by atomic mass is 16.2. The molecular formula is C37H32N4O2. The van der Waals surface area contributed by atoms with Crippen molar-refractivity contribution in [2.24, 2.45) is 5.92 Å². The van der Waals surface area contributed by atoms with Crippen LogP contribution in [0.5, 0.6) is 0 Å². The van der Waals surface area contributed by atoms with Gasteiger partial charge in [-0.2, -0.15) is 5.10 Å². The van der Waals surface area contributed by atoms with Crippen LogP contribution in [-0.4, -0.2) is 27.6 Å². The second kappa shape index (κ2) is 12.2. The molecule has 6 heteroatoms. The number of anilines is 1. The molecule has 2 amide bonds. The molecule has 0 spiro atoms. The van der Waals surface area contributed by atoms with E-state index in [-0.39, 0.29) is 17.7 Å². The Morgan fingerprint density at radius 1 is 0.674 bits per heavy atom. The highest BCUT2D eigenvalue weighted by Crippen LogP contribution is 2.29. The molecule has 6 aromatic rings. The van der Waals surface area contributed by atoms with Crippen molar-refractivity contribution < 1.29 is 9.59 Å². The van der Waals surface area contributed by atoms with E-state index in [0.29, 0.717) is 11.3 Å². The second-order valence-corrected chi connectivity index (χ2v) is 10.9. The van der Waals surface area contributed by atoms with E-state index in [1.807, 2.05) is 122 Å². The van der Waals surface area contributed by atoms with Gasteiger partial charge in [-0.3, -0.25) is 9.59 Å². The molecular weight excluding hydrogens is 532 g/mol. The standard InChI is InChI=1S/C37H32N4O2/c1-25(2)35(37(43)38-31-20-17-26-11-9-10-16-30(26)23-31)39-36(42)29-18-21-32(22-19-29)41-34(28-14-7-4-8-15-28)24-33(40-41)27-12-5-3-6-13-27/h3-25,35H,1-2H3,(H,38,43)(H,39,42). The lowest BCUT2D eigenvalue weighted by atomic mass is 10.0. The lowest BCUT2D eigenvalue weighted by Gasteiger charge is -2.22. The Balaban J connectivity index is 1.22. The molecule has 6 nitrogen and oxygen atoms in total. The highest BCUT2D eigenvalue weighted by Gasteiger charge is 2.25. The van der Waals surface area contributed by atoms with E-state index < -0.39 is 6.04 Å². The van der Waals surface area contributed by atoms with Crippen molar-refractivity contribution in [2.75, 3.05) is 5.32 Å². The SMILES string of the molecule is CC(C)C(NC(=O)c1ccc(-n2nc(-c3ccccc3)cc2-c2ccccc2)cc1)C(=O)Nc1ccc2ccccc2c1. The van der Waals surface area contributed by atoms with Crippen LogP contribution in [0.1, 0.15) is 24.2 Å². The third-order valence-corrected chi connectivity index (χ3v) is 7.48. The van der Waals surface area contributed by atoms with Gasteiger partial charge in [0.25, 0.3) is 5.91 Å². The van der Waals surface area contributed by atoms with Crippen molar-refractivity contribution >= 4 is 28.3 Å². The third-order valence-electron chi connectivity index (χ3n) is 7.48. The fourth-order valence-electron chi connectivity index (χ4n) is 5.14. The molecule has 1 unspecified atom stereocenters. The minimum atomic E-state index is -0.706. The molecule has 6 rings (SSSR count). The highest BCUT2D eigenvalue weighted by molar-refractivity contribution is 6.02. The van der Waals surface area contributed by atoms with Crippen molar-refractivity contribution in [1.82, 2.24) is 15.1 Å². The van der Waals surface area contributed by atoms with Crippen LogP contribution in [0.2, 0.25) is 0 Å². The number of benzene rings is 5. The maximum atomic E-state index is 13.3. The van der Waals surface area contributed by atoms with Crippen molar-refractivity contribution in [3.63, 3.8) is 0 Å². The number of carbonyl (C=O) groups is 2. The molecule has 2 N–H and O–H groups in total. The monoisotopic (exact) mass is 564 g/mol. The number of nitrogens with zero attached hydrogens (tertiary/aromatic N) is 2. The van der Waals surface area contributed by atoms with Gasteiger partial charge in [-0.1, -0.05) is 105 Å². The summed E-state index contributed by atoms with van der Waals surface area (Å²) in [6.07, 6.45) is 0. The summed E-state index contributed by atoms with van der Waals surface area (Å²) < 4.78 is 1.90. The molecule has 5 aromatic carbocycles. The first-order valence-electron chi connectivity index (χ1n) is 14.4. The van der Waals surface area contributed by atoms with Crippen LogP contribution >= 0.6 is 0 Å². The average Bonchev–Trinajstić information content (AvgIpc) is 3.50. The third kappa shape index (κ3) is 6.09. The normalized spacial score (nSPS) is 11.8. The first-order chi connectivity index (χ1) is 21.0. The van der Waals surface area contributed by atoms with E-state index >= 15 is 0 Å². The van der Waals surface area contributed by atoms with Gasteiger partial charge in [0, 0.05) is 22.4 Å². The van der Waals surface area contributed by atoms with Crippen LogP contribution < -0.4 is 10.6 Å². The van der Waals surface area contributed by atoms with Gasteiger partial charge >= 0.3 is 0 Å². The maximum absolute atomic E-state index is 13.3. The van der Waals surface area contributed by atoms with E-state index in [1.165, 1.54) is 0 Å². The van der Waals surface area contributed by atoms with E-state index in [9.17, 15) is 9.59 Å². The van der Waals surface area contributed by atoms with Crippen LogP contribution in [0.4, 0.5) is 5.69 Å². The lowest BCUT2D eigenvalue weighted by Crippen LogP contribution is -2.47. The first kappa shape index (κ1) is 27.7. The van der Waals surface area contributed by atoms with E-state index in [1.54, 1.807) is 12.1 Å². The molecule has 0 bridgehead atoms. The summed E-state index contributed by atoms with van der Waals surface area (Å²) in [5.74, 6) is -0.682. The molecule has 0 radical (unpaired) electrons. The molecule has 0 saturated carbocycles. The van der Waals surface area contributed by atoms with Crippen molar-refractivity contribution in [2.45, 2.75) is 19.9 Å². The number of rotatable bonds is 8. The predicted molar refractivity (Wildman–Crippen MR) is 173 cm³/mol. The minimum absolute atomic E-state index is 0.113. The van der Waals surface area contributed by atoms with Gasteiger partial charge in [-0.15, -0.1) is 0 Å². The zero-order chi connectivity index (χ0) is 29.8. The van der Waals surface area contributed by atoms with E-state index in [0.717, 1.165) is 39.0 Å². The van der Waals surface area contributed by atoms with Crippen LogP contribution in [-0.2, 0) is 4.79 Å². The van der Waals surface area contributed by atoms with Gasteiger partial charge in [0.05, 0.1) is 17.1 Å². The molecule has 0 saturated heterocycles. The van der Waals surface area contributed by atoms with Crippen molar-refractivity contribution in [3.8, 4) is 28.2 Å². The fraction of sp³-hybridized carbons (Fsp3) is 0.108. The fourth-order valence-corrected chi connectivity index (χ4v) is 5.14. The molecule has 43 heavy (non-hydrogen) atoms. The topological polar surface area (TPSA) is 76.0 Å². The summed E-state index contributed by atoms with van der Waals surface area (Å²) >= 11 is 0. The Labute approximate surface area is 251 Å². The van der Waals surface area contributed by atoms with Crippen LogP contribution in [0.3, 0.4) is 0 Å². The summed E-state index contributed by atoms with van der Waals surface area (Å²) in [5.41, 5.74) is 5.85. The Kier molecular flexibility index (Phi) is 7.83. The van der Waals surface area contributed by atoms with E-state index in [2.05, 4.69) is 28.8 Å². The van der Waals surface area contributed by atoms with E-state index in [4.69, 9.17) is 5.10 Å². The van der Waals surface area contributed by atoms with Crippen LogP contribution in [0.25, 0.3) is 39.0 Å². The van der Waals surface area contributed by atoms with Gasteiger partial charge in [-0.25, -0.2) is 4.68 Å². The first-order valence-corrected chi connectivity index (χ1v) is 14.4. The zero-order valence-electron chi connectivity index (χ0n) is 24.1. The maximum Gasteiger partial charge on any atom is 0.251 e. The molecule has 212 valence electrons. The number of nitrogens with one attached hydrogen (secondary N) is 2. The molecule has 1 heterocycles. The summed E-state index contributed by atoms with van der Waals surface area (Å²) in [7, 11) is 0. The second-order valence-electron chi connectivity index (χ2n) is 10.9. The van der Waals surface area contributed by atoms with Gasteiger partial charge in [0.1, 0.15) is 6.04 Å². The Morgan fingerprint density at radius 3 is 1.98 bits per heavy atom. The largest absolute Gasteiger partial charge is 0.340 e. The number of aromatic nitrogens is 2.